The predicted octanol–water partition coefficient (Wildman–Crippen LogP) is 2.43. The van der Waals surface area contributed by atoms with Crippen molar-refractivity contribution < 1.29 is 4.79 Å². The molecule has 0 aromatic carbocycles. The van der Waals surface area contributed by atoms with Gasteiger partial charge in [0.15, 0.2) is 0 Å². The largest absolute Gasteiger partial charge is 0.334 e. The number of hydrogen-bond acceptors (Lipinski definition) is 4. The van der Waals surface area contributed by atoms with Gasteiger partial charge in [0.25, 0.3) is 0 Å². The number of aryl methyl sites for hydroxylation is 1. The fourth-order valence-electron chi connectivity index (χ4n) is 3.03. The molecule has 3 heterocycles. The van der Waals surface area contributed by atoms with Crippen molar-refractivity contribution in [2.75, 3.05) is 6.54 Å². The predicted molar refractivity (Wildman–Crippen MR) is 82.9 cm³/mol. The first-order valence-electron chi connectivity index (χ1n) is 7.82. The fourth-order valence-corrected chi connectivity index (χ4v) is 3.03. The topological polar surface area (TPSA) is 63.9 Å². The van der Waals surface area contributed by atoms with Crippen LogP contribution in [0.2, 0.25) is 0 Å². The fraction of sp³-hybridized carbons (Fsp3) is 0.500. The number of likely N-dealkylation sites (tertiary alicyclic amines) is 1. The number of aromatic nitrogens is 4. The Bertz CT molecular complexity index is 649. The molecule has 0 saturated carbocycles. The van der Waals surface area contributed by atoms with E-state index >= 15 is 0 Å². The van der Waals surface area contributed by atoms with Gasteiger partial charge in [-0.25, -0.2) is 0 Å². The lowest BCUT2D eigenvalue weighted by Gasteiger charge is -2.22. The van der Waals surface area contributed by atoms with Crippen LogP contribution in [-0.2, 0) is 11.3 Å². The molecular weight excluding hydrogens is 278 g/mol. The second kappa shape index (κ2) is 6.25. The lowest BCUT2D eigenvalue weighted by Crippen LogP contribution is -2.28. The smallest absolute Gasteiger partial charge is 0.220 e. The maximum absolute atomic E-state index is 11.7. The van der Waals surface area contributed by atoms with Crippen LogP contribution in [0.25, 0.3) is 11.4 Å². The van der Waals surface area contributed by atoms with Crippen molar-refractivity contribution in [2.24, 2.45) is 0 Å². The summed E-state index contributed by atoms with van der Waals surface area (Å²) in [6.45, 7) is 5.42. The maximum atomic E-state index is 11.7. The summed E-state index contributed by atoms with van der Waals surface area (Å²) in [6, 6.07) is 2.02. The first kappa shape index (κ1) is 14.7. The van der Waals surface area contributed by atoms with E-state index in [0.29, 0.717) is 0 Å². The highest BCUT2D eigenvalue weighted by Crippen LogP contribution is 2.30. The summed E-state index contributed by atoms with van der Waals surface area (Å²) < 4.78 is 1.95. The van der Waals surface area contributed by atoms with Crippen molar-refractivity contribution in [1.82, 2.24) is 24.6 Å². The lowest BCUT2D eigenvalue weighted by atomic mass is 10.1. The standard InChI is InChI=1S/C16H21N5O/c1-3-8-21-16(6-7-19-21)14-11-17-13(10-18-14)15-5-4-9-20(15)12(2)22/h6-7,10-11,15H,3-5,8-9H2,1-2H3. The molecule has 6 heteroatoms. The third-order valence-corrected chi connectivity index (χ3v) is 4.08. The van der Waals surface area contributed by atoms with E-state index in [9.17, 15) is 4.79 Å². The lowest BCUT2D eigenvalue weighted by molar-refractivity contribution is -0.129. The highest BCUT2D eigenvalue weighted by atomic mass is 16.2. The third-order valence-electron chi connectivity index (χ3n) is 4.08. The van der Waals surface area contributed by atoms with Crippen LogP contribution in [-0.4, -0.2) is 37.1 Å². The molecule has 116 valence electrons. The summed E-state index contributed by atoms with van der Waals surface area (Å²) in [4.78, 5) is 22.6. The Labute approximate surface area is 130 Å². The SMILES string of the molecule is CCCn1nccc1-c1cnc(C2CCCN2C(C)=O)cn1. The van der Waals surface area contributed by atoms with Gasteiger partial charge in [-0.05, 0) is 25.3 Å². The van der Waals surface area contributed by atoms with Crippen molar-refractivity contribution in [3.05, 3.63) is 30.4 Å². The Balaban J connectivity index is 1.83. The molecule has 1 saturated heterocycles. The summed E-state index contributed by atoms with van der Waals surface area (Å²) in [5.41, 5.74) is 2.68. The van der Waals surface area contributed by atoms with Gasteiger partial charge in [0.05, 0.1) is 29.8 Å². The van der Waals surface area contributed by atoms with Crippen molar-refractivity contribution in [3.63, 3.8) is 0 Å². The zero-order valence-electron chi connectivity index (χ0n) is 13.1. The molecule has 0 radical (unpaired) electrons. The number of rotatable bonds is 4. The van der Waals surface area contributed by atoms with E-state index in [1.807, 2.05) is 15.6 Å². The average molecular weight is 299 g/mol. The first-order valence-corrected chi connectivity index (χ1v) is 7.82. The third kappa shape index (κ3) is 2.73. The van der Waals surface area contributed by atoms with Gasteiger partial charge in [-0.3, -0.25) is 19.4 Å². The van der Waals surface area contributed by atoms with E-state index in [0.717, 1.165) is 49.4 Å². The summed E-state index contributed by atoms with van der Waals surface area (Å²) in [7, 11) is 0. The van der Waals surface area contributed by atoms with E-state index in [2.05, 4.69) is 22.0 Å². The van der Waals surface area contributed by atoms with E-state index in [1.165, 1.54) is 0 Å². The molecule has 22 heavy (non-hydrogen) atoms. The molecule has 1 atom stereocenters. The van der Waals surface area contributed by atoms with Crippen molar-refractivity contribution in [3.8, 4) is 11.4 Å². The number of carbonyl (C=O) groups excluding carboxylic acids is 1. The molecular formula is C16H21N5O. The molecule has 0 N–H and O–H groups in total. The summed E-state index contributed by atoms with van der Waals surface area (Å²) in [5.74, 6) is 0.106. The highest BCUT2D eigenvalue weighted by Gasteiger charge is 2.29. The van der Waals surface area contributed by atoms with Crippen LogP contribution in [0, 0.1) is 0 Å². The van der Waals surface area contributed by atoms with Gasteiger partial charge < -0.3 is 4.90 Å². The highest BCUT2D eigenvalue weighted by molar-refractivity contribution is 5.74. The molecule has 1 amide bonds. The Kier molecular flexibility index (Phi) is 4.18. The van der Waals surface area contributed by atoms with Crippen LogP contribution in [0.15, 0.2) is 24.7 Å². The molecule has 1 unspecified atom stereocenters. The van der Waals surface area contributed by atoms with E-state index < -0.39 is 0 Å². The number of carbonyl (C=O) groups is 1. The number of hydrogen-bond donors (Lipinski definition) is 0. The van der Waals surface area contributed by atoms with E-state index in [1.54, 1.807) is 25.5 Å². The first-order chi connectivity index (χ1) is 10.7. The van der Waals surface area contributed by atoms with Crippen LogP contribution < -0.4 is 0 Å². The Morgan fingerprint density at radius 1 is 1.36 bits per heavy atom. The van der Waals surface area contributed by atoms with Crippen LogP contribution >= 0.6 is 0 Å². The molecule has 1 aliphatic heterocycles. The summed E-state index contributed by atoms with van der Waals surface area (Å²) in [5, 5.41) is 4.31. The van der Waals surface area contributed by atoms with Gasteiger partial charge >= 0.3 is 0 Å². The summed E-state index contributed by atoms with van der Waals surface area (Å²) in [6.07, 6.45) is 8.38. The normalized spacial score (nSPS) is 17.9. The second-order valence-electron chi connectivity index (χ2n) is 5.64. The van der Waals surface area contributed by atoms with E-state index in [4.69, 9.17) is 0 Å². The van der Waals surface area contributed by atoms with Crippen molar-refractivity contribution >= 4 is 5.91 Å². The quantitative estimate of drug-likeness (QED) is 0.870. The molecule has 1 fully saturated rings. The van der Waals surface area contributed by atoms with E-state index in [-0.39, 0.29) is 11.9 Å². The average Bonchev–Trinajstić information content (AvgIpc) is 3.16. The summed E-state index contributed by atoms with van der Waals surface area (Å²) >= 11 is 0. The number of nitrogens with zero attached hydrogens (tertiary/aromatic N) is 5. The molecule has 6 nitrogen and oxygen atoms in total. The van der Waals surface area contributed by atoms with Gasteiger partial charge in [-0.15, -0.1) is 0 Å². The minimum absolute atomic E-state index is 0.0691. The molecule has 2 aromatic heterocycles. The molecule has 0 spiro atoms. The van der Waals surface area contributed by atoms with Crippen LogP contribution in [0.5, 0.6) is 0 Å². The maximum Gasteiger partial charge on any atom is 0.220 e. The van der Waals surface area contributed by atoms with Gasteiger partial charge in [-0.1, -0.05) is 6.92 Å². The second-order valence-corrected chi connectivity index (χ2v) is 5.64. The van der Waals surface area contributed by atoms with Crippen LogP contribution in [0.3, 0.4) is 0 Å². The molecule has 3 rings (SSSR count). The minimum atomic E-state index is 0.0691. The van der Waals surface area contributed by atoms with Crippen LogP contribution in [0.4, 0.5) is 0 Å². The zero-order valence-corrected chi connectivity index (χ0v) is 13.1. The van der Waals surface area contributed by atoms with Crippen molar-refractivity contribution in [1.29, 1.82) is 0 Å². The Hall–Kier alpha value is -2.24. The van der Waals surface area contributed by atoms with Gasteiger partial charge in [-0.2, -0.15) is 5.10 Å². The van der Waals surface area contributed by atoms with Gasteiger partial charge in [0, 0.05) is 26.2 Å². The zero-order chi connectivity index (χ0) is 15.5. The molecule has 0 aliphatic carbocycles. The van der Waals surface area contributed by atoms with Crippen molar-refractivity contribution in [2.45, 2.75) is 45.7 Å². The number of amides is 1. The monoisotopic (exact) mass is 299 g/mol. The van der Waals surface area contributed by atoms with Gasteiger partial charge in [0.1, 0.15) is 5.69 Å². The Morgan fingerprint density at radius 2 is 2.23 bits per heavy atom. The Morgan fingerprint density at radius 3 is 2.91 bits per heavy atom. The molecule has 1 aliphatic rings. The van der Waals surface area contributed by atoms with Gasteiger partial charge in [0.2, 0.25) is 5.91 Å². The minimum Gasteiger partial charge on any atom is -0.334 e. The molecule has 2 aromatic rings. The van der Waals surface area contributed by atoms with Crippen LogP contribution in [0.1, 0.15) is 44.8 Å². The molecule has 0 bridgehead atoms.